The fourth-order valence-electron chi connectivity index (χ4n) is 1.37. The molecular weight excluding hydrogens is 293 g/mol. The monoisotopic (exact) mass is 309 g/mol. The van der Waals surface area contributed by atoms with E-state index in [1.54, 1.807) is 6.92 Å². The Balaban J connectivity index is 2.53. The zero-order valence-electron chi connectivity index (χ0n) is 11.4. The van der Waals surface area contributed by atoms with Crippen LogP contribution in [0.3, 0.4) is 0 Å². The summed E-state index contributed by atoms with van der Waals surface area (Å²) in [4.78, 5) is 4.71. The van der Waals surface area contributed by atoms with Crippen LogP contribution >= 0.6 is 0 Å². The van der Waals surface area contributed by atoms with Gasteiger partial charge in [0.2, 0.25) is 0 Å². The number of aliphatic hydroxyl groups excluding tert-OH is 1. The molecular formula is C12H16F3N2O4-. The maximum atomic E-state index is 12.3. The number of alkyl halides is 3. The van der Waals surface area contributed by atoms with Crippen LogP contribution in [0.15, 0.2) is 24.3 Å². The molecule has 2 N–H and O–H groups in total. The van der Waals surface area contributed by atoms with E-state index in [-0.39, 0.29) is 17.7 Å². The molecule has 1 unspecified atom stereocenters. The molecule has 120 valence electrons. The zero-order chi connectivity index (χ0) is 16.0. The van der Waals surface area contributed by atoms with Gasteiger partial charge in [0.25, 0.3) is 0 Å². The molecule has 0 spiro atoms. The topological polar surface area (TPSA) is 77.0 Å². The molecule has 0 bridgehead atoms. The summed E-state index contributed by atoms with van der Waals surface area (Å²) in [5.74, 6) is -0.0800. The number of hydrogen-bond acceptors (Lipinski definition) is 6. The Morgan fingerprint density at radius 3 is 2.38 bits per heavy atom. The molecule has 0 aliphatic rings. The molecule has 0 fully saturated rings. The number of halogens is 3. The van der Waals surface area contributed by atoms with Crippen LogP contribution < -0.4 is 10.3 Å². The smallest absolute Gasteiger partial charge is 0.416 e. The van der Waals surface area contributed by atoms with Crippen LogP contribution in [0.4, 0.5) is 13.2 Å². The Labute approximate surface area is 119 Å². The van der Waals surface area contributed by atoms with E-state index in [4.69, 9.17) is 9.57 Å². The van der Waals surface area contributed by atoms with E-state index < -0.39 is 24.1 Å². The highest BCUT2D eigenvalue weighted by Gasteiger charge is 2.30. The molecule has 0 aliphatic heterocycles. The van der Waals surface area contributed by atoms with Crippen LogP contribution in [0.1, 0.15) is 19.4 Å². The maximum absolute atomic E-state index is 12.3. The molecule has 1 rings (SSSR count). The van der Waals surface area contributed by atoms with E-state index in [9.17, 15) is 23.5 Å². The number of aliphatic hydroxyl groups is 1. The molecule has 0 amide bonds. The van der Waals surface area contributed by atoms with Crippen LogP contribution in [-0.4, -0.2) is 29.4 Å². The standard InChI is InChI=1S/C12H16F3N2O4/c1-3-20-11(18)8(2)16-17(19)21-10-6-4-9(5-7-10)12(13,14)15/h4-8,11,16,18H,3H2,1-2H3/q-1/t8-,11?/m0/s1. The number of nitrogens with zero attached hydrogens (tertiary/aromatic N) is 1. The Bertz CT molecular complexity index is 428. The third-order valence-electron chi connectivity index (χ3n) is 2.44. The fourth-order valence-corrected chi connectivity index (χ4v) is 1.37. The first-order chi connectivity index (χ1) is 9.74. The highest BCUT2D eigenvalue weighted by Crippen LogP contribution is 2.30. The molecule has 1 aromatic rings. The lowest BCUT2D eigenvalue weighted by atomic mass is 10.2. The molecule has 0 aromatic heterocycles. The second-order valence-electron chi connectivity index (χ2n) is 4.13. The lowest BCUT2D eigenvalue weighted by Crippen LogP contribution is -2.48. The van der Waals surface area contributed by atoms with E-state index >= 15 is 0 Å². The summed E-state index contributed by atoms with van der Waals surface area (Å²) in [6.45, 7) is 3.40. The van der Waals surface area contributed by atoms with Gasteiger partial charge in [0.05, 0.1) is 11.6 Å². The van der Waals surface area contributed by atoms with Gasteiger partial charge in [0, 0.05) is 6.61 Å². The third kappa shape index (κ3) is 5.86. The first-order valence-corrected chi connectivity index (χ1v) is 6.12. The third-order valence-corrected chi connectivity index (χ3v) is 2.44. The van der Waals surface area contributed by atoms with Crippen molar-refractivity contribution in [3.8, 4) is 5.75 Å². The van der Waals surface area contributed by atoms with E-state index in [0.717, 1.165) is 24.3 Å². The quantitative estimate of drug-likeness (QED) is 0.593. The van der Waals surface area contributed by atoms with Crippen molar-refractivity contribution < 1.29 is 27.9 Å². The van der Waals surface area contributed by atoms with Crippen LogP contribution in [-0.2, 0) is 10.9 Å². The van der Waals surface area contributed by atoms with Crippen molar-refractivity contribution in [2.75, 3.05) is 6.61 Å². The number of rotatable bonds is 7. The summed E-state index contributed by atoms with van der Waals surface area (Å²) in [6.07, 6.45) is -5.67. The van der Waals surface area contributed by atoms with Crippen molar-refractivity contribution >= 4 is 0 Å². The first-order valence-electron chi connectivity index (χ1n) is 6.12. The number of nitrogens with one attached hydrogen (secondary N) is 1. The summed E-state index contributed by atoms with van der Waals surface area (Å²) in [5.41, 5.74) is 1.37. The van der Waals surface area contributed by atoms with Gasteiger partial charge in [-0.15, -0.1) is 5.34 Å². The SMILES string of the molecule is CCOC(O)[C@H](C)NN([O-])Oc1ccc(C(F)(F)F)cc1. The van der Waals surface area contributed by atoms with Crippen LogP contribution in [0.5, 0.6) is 5.75 Å². The van der Waals surface area contributed by atoms with E-state index in [0.29, 0.717) is 0 Å². The van der Waals surface area contributed by atoms with Gasteiger partial charge in [-0.1, -0.05) is 0 Å². The summed E-state index contributed by atoms with van der Waals surface area (Å²) in [7, 11) is 0. The Morgan fingerprint density at radius 1 is 1.33 bits per heavy atom. The first kappa shape index (κ1) is 17.7. The number of ether oxygens (including phenoxy) is 1. The summed E-state index contributed by atoms with van der Waals surface area (Å²) in [6, 6.07) is 2.85. The van der Waals surface area contributed by atoms with Gasteiger partial charge in [-0.2, -0.15) is 13.2 Å². The van der Waals surface area contributed by atoms with Gasteiger partial charge in [-0.3, -0.25) is 0 Å². The normalized spacial score (nSPS) is 15.0. The Morgan fingerprint density at radius 2 is 1.90 bits per heavy atom. The Kier molecular flexibility index (Phi) is 6.37. The average Bonchev–Trinajstić information content (AvgIpc) is 2.38. The minimum absolute atomic E-state index is 0.0600. The number of benzene rings is 1. The van der Waals surface area contributed by atoms with Crippen molar-refractivity contribution in [1.29, 1.82) is 0 Å². The fraction of sp³-hybridized carbons (Fsp3) is 0.500. The van der Waals surface area contributed by atoms with Gasteiger partial charge < -0.3 is 19.9 Å². The van der Waals surface area contributed by atoms with E-state index in [1.807, 2.05) is 0 Å². The molecule has 0 aliphatic carbocycles. The largest absolute Gasteiger partial charge is 0.738 e. The maximum Gasteiger partial charge on any atom is 0.416 e. The molecule has 21 heavy (non-hydrogen) atoms. The molecule has 2 atom stereocenters. The van der Waals surface area contributed by atoms with Gasteiger partial charge in [0.1, 0.15) is 5.75 Å². The summed E-state index contributed by atoms with van der Waals surface area (Å²) in [5, 5.41) is 20.8. The minimum Gasteiger partial charge on any atom is -0.738 e. The lowest BCUT2D eigenvalue weighted by Gasteiger charge is -2.32. The van der Waals surface area contributed by atoms with Crippen molar-refractivity contribution in [1.82, 2.24) is 10.8 Å². The molecule has 1 aromatic carbocycles. The molecule has 6 nitrogen and oxygen atoms in total. The second kappa shape index (κ2) is 7.57. The van der Waals surface area contributed by atoms with E-state index in [1.165, 1.54) is 6.92 Å². The van der Waals surface area contributed by atoms with Gasteiger partial charge in [-0.05, 0) is 38.1 Å². The molecule has 9 heteroatoms. The zero-order valence-corrected chi connectivity index (χ0v) is 11.4. The minimum atomic E-state index is -4.45. The number of hydrogen-bond donors (Lipinski definition) is 2. The van der Waals surface area contributed by atoms with Crippen LogP contribution in [0.25, 0.3) is 0 Å². The summed E-state index contributed by atoms with van der Waals surface area (Å²) >= 11 is 0. The Hall–Kier alpha value is -1.39. The van der Waals surface area contributed by atoms with Crippen molar-refractivity contribution in [2.24, 2.45) is 0 Å². The highest BCUT2D eigenvalue weighted by molar-refractivity contribution is 5.28. The summed E-state index contributed by atoms with van der Waals surface area (Å²) < 4.78 is 41.9. The lowest BCUT2D eigenvalue weighted by molar-refractivity contribution is -0.150. The van der Waals surface area contributed by atoms with Gasteiger partial charge in [-0.25, -0.2) is 5.43 Å². The molecule has 0 radical (unpaired) electrons. The van der Waals surface area contributed by atoms with Crippen molar-refractivity contribution in [3.63, 3.8) is 0 Å². The van der Waals surface area contributed by atoms with Crippen molar-refractivity contribution in [3.05, 3.63) is 35.0 Å². The molecule has 0 saturated heterocycles. The van der Waals surface area contributed by atoms with Crippen molar-refractivity contribution in [2.45, 2.75) is 32.4 Å². The van der Waals surface area contributed by atoms with Gasteiger partial charge >= 0.3 is 6.18 Å². The average molecular weight is 309 g/mol. The van der Waals surface area contributed by atoms with Gasteiger partial charge in [0.15, 0.2) is 6.29 Å². The number of hydrazine groups is 1. The van der Waals surface area contributed by atoms with Crippen LogP contribution in [0.2, 0.25) is 0 Å². The predicted molar refractivity (Wildman–Crippen MR) is 67.5 cm³/mol. The molecule has 0 saturated carbocycles. The molecule has 0 heterocycles. The second-order valence-corrected chi connectivity index (χ2v) is 4.13. The highest BCUT2D eigenvalue weighted by atomic mass is 19.4. The van der Waals surface area contributed by atoms with E-state index in [2.05, 4.69) is 5.43 Å². The predicted octanol–water partition coefficient (Wildman–Crippen LogP) is 2.05. The van der Waals surface area contributed by atoms with Crippen LogP contribution in [0, 0.1) is 5.21 Å².